The minimum atomic E-state index is 0.0693. The monoisotopic (exact) mass is 211 g/mol. The zero-order chi connectivity index (χ0) is 11.3. The van der Waals surface area contributed by atoms with E-state index in [-0.39, 0.29) is 11.0 Å². The van der Waals surface area contributed by atoms with Crippen LogP contribution in [0, 0.1) is 17.3 Å². The lowest BCUT2D eigenvalue weighted by molar-refractivity contribution is -0.180. The van der Waals surface area contributed by atoms with Crippen LogP contribution in [0.4, 0.5) is 0 Å². The standard InChI is InChI=1S/C13H25NO/c1-9-6-10(9)8-14-11-7-13(4,15-5)12(11,2)3/h9-11,14H,6-8H2,1-5H3. The van der Waals surface area contributed by atoms with Gasteiger partial charge in [-0.15, -0.1) is 0 Å². The van der Waals surface area contributed by atoms with Crippen molar-refractivity contribution >= 4 is 0 Å². The van der Waals surface area contributed by atoms with Gasteiger partial charge in [0.15, 0.2) is 0 Å². The highest BCUT2D eigenvalue weighted by Gasteiger charge is 2.57. The molecule has 2 saturated carbocycles. The lowest BCUT2D eigenvalue weighted by Gasteiger charge is -2.59. The quantitative estimate of drug-likeness (QED) is 0.771. The molecule has 0 aromatic carbocycles. The van der Waals surface area contributed by atoms with E-state index in [1.165, 1.54) is 13.0 Å². The Kier molecular flexibility index (Phi) is 2.63. The Hall–Kier alpha value is -0.0800. The molecule has 0 aliphatic heterocycles. The summed E-state index contributed by atoms with van der Waals surface area (Å²) < 4.78 is 5.62. The van der Waals surface area contributed by atoms with Crippen LogP contribution in [-0.2, 0) is 4.74 Å². The topological polar surface area (TPSA) is 21.3 Å². The number of hydrogen-bond donors (Lipinski definition) is 1. The highest BCUT2D eigenvalue weighted by atomic mass is 16.5. The van der Waals surface area contributed by atoms with E-state index in [1.807, 2.05) is 7.11 Å². The first kappa shape index (κ1) is 11.4. The van der Waals surface area contributed by atoms with Crippen molar-refractivity contribution in [3.8, 4) is 0 Å². The minimum absolute atomic E-state index is 0.0693. The summed E-state index contributed by atoms with van der Waals surface area (Å²) in [6.45, 7) is 10.4. The van der Waals surface area contributed by atoms with Gasteiger partial charge >= 0.3 is 0 Å². The Morgan fingerprint density at radius 1 is 1.33 bits per heavy atom. The van der Waals surface area contributed by atoms with Gasteiger partial charge in [-0.05, 0) is 38.1 Å². The molecule has 15 heavy (non-hydrogen) atoms. The molecule has 2 rings (SSSR count). The van der Waals surface area contributed by atoms with Crippen molar-refractivity contribution in [2.24, 2.45) is 17.3 Å². The van der Waals surface area contributed by atoms with E-state index in [1.54, 1.807) is 0 Å². The summed E-state index contributed by atoms with van der Waals surface area (Å²) in [5.74, 6) is 1.89. The highest BCUT2D eigenvalue weighted by Crippen LogP contribution is 2.51. The second kappa shape index (κ2) is 3.46. The van der Waals surface area contributed by atoms with E-state index < -0.39 is 0 Å². The summed E-state index contributed by atoms with van der Waals surface area (Å²) >= 11 is 0. The molecule has 0 saturated heterocycles. The van der Waals surface area contributed by atoms with Crippen molar-refractivity contribution < 1.29 is 4.74 Å². The molecule has 88 valence electrons. The van der Waals surface area contributed by atoms with E-state index in [4.69, 9.17) is 4.74 Å². The van der Waals surface area contributed by atoms with Gasteiger partial charge in [0.25, 0.3) is 0 Å². The summed E-state index contributed by atoms with van der Waals surface area (Å²) in [4.78, 5) is 0. The van der Waals surface area contributed by atoms with Gasteiger partial charge in [-0.1, -0.05) is 20.8 Å². The maximum absolute atomic E-state index is 5.62. The molecule has 0 radical (unpaired) electrons. The fraction of sp³-hybridized carbons (Fsp3) is 1.00. The number of nitrogens with one attached hydrogen (secondary N) is 1. The summed E-state index contributed by atoms with van der Waals surface area (Å²) in [6.07, 6.45) is 2.57. The van der Waals surface area contributed by atoms with Crippen LogP contribution in [0.5, 0.6) is 0 Å². The fourth-order valence-corrected chi connectivity index (χ4v) is 2.80. The van der Waals surface area contributed by atoms with Gasteiger partial charge in [0.05, 0.1) is 5.60 Å². The predicted octanol–water partition coefficient (Wildman–Crippen LogP) is 2.44. The van der Waals surface area contributed by atoms with Gasteiger partial charge in [0.1, 0.15) is 0 Å². The molecule has 2 heteroatoms. The molecule has 2 nitrogen and oxygen atoms in total. The molecule has 2 aliphatic rings. The Morgan fingerprint density at radius 2 is 1.93 bits per heavy atom. The average molecular weight is 211 g/mol. The summed E-state index contributed by atoms with van der Waals surface area (Å²) in [5.41, 5.74) is 0.333. The van der Waals surface area contributed by atoms with Crippen LogP contribution in [0.3, 0.4) is 0 Å². The number of ether oxygens (including phenoxy) is 1. The zero-order valence-corrected chi connectivity index (χ0v) is 10.8. The maximum Gasteiger partial charge on any atom is 0.0731 e. The third-order valence-corrected chi connectivity index (χ3v) is 5.18. The summed E-state index contributed by atoms with van der Waals surface area (Å²) in [6, 6.07) is 0.634. The largest absolute Gasteiger partial charge is 0.378 e. The fourth-order valence-electron chi connectivity index (χ4n) is 2.80. The molecule has 0 bridgehead atoms. The maximum atomic E-state index is 5.62. The summed E-state index contributed by atoms with van der Waals surface area (Å²) in [7, 11) is 1.83. The van der Waals surface area contributed by atoms with Crippen LogP contribution in [0.25, 0.3) is 0 Å². The number of rotatable bonds is 4. The molecule has 0 spiro atoms. The van der Waals surface area contributed by atoms with Gasteiger partial charge in [-0.3, -0.25) is 0 Å². The first-order valence-corrected chi connectivity index (χ1v) is 6.19. The normalized spacial score (nSPS) is 47.4. The molecule has 2 fully saturated rings. The SMILES string of the molecule is COC1(C)CC(NCC2CC2C)C1(C)C. The number of methoxy groups -OCH3 is 1. The molecule has 0 amide bonds. The molecular formula is C13H25NO. The first-order chi connectivity index (χ1) is 6.90. The lowest BCUT2D eigenvalue weighted by atomic mass is 9.56. The van der Waals surface area contributed by atoms with E-state index in [0.717, 1.165) is 18.3 Å². The molecule has 4 unspecified atom stereocenters. The number of hydrogen-bond acceptors (Lipinski definition) is 2. The van der Waals surface area contributed by atoms with Gasteiger partial charge in [-0.2, -0.15) is 0 Å². The third kappa shape index (κ3) is 1.72. The molecule has 0 aromatic heterocycles. The smallest absolute Gasteiger partial charge is 0.0731 e. The predicted molar refractivity (Wildman–Crippen MR) is 62.9 cm³/mol. The molecule has 4 atom stereocenters. The Balaban J connectivity index is 1.81. The van der Waals surface area contributed by atoms with Crippen molar-refractivity contribution in [1.29, 1.82) is 0 Å². The van der Waals surface area contributed by atoms with Crippen molar-refractivity contribution in [3.63, 3.8) is 0 Å². The van der Waals surface area contributed by atoms with Gasteiger partial charge in [0, 0.05) is 18.6 Å². The average Bonchev–Trinajstić information content (AvgIpc) is 2.88. The first-order valence-electron chi connectivity index (χ1n) is 6.19. The van der Waals surface area contributed by atoms with Crippen molar-refractivity contribution in [2.75, 3.05) is 13.7 Å². The zero-order valence-electron chi connectivity index (χ0n) is 10.8. The Bertz CT molecular complexity index is 251. The molecule has 0 aromatic rings. The lowest BCUT2D eigenvalue weighted by Crippen LogP contribution is -2.68. The molecule has 1 N–H and O–H groups in total. The van der Waals surface area contributed by atoms with Gasteiger partial charge in [-0.25, -0.2) is 0 Å². The van der Waals surface area contributed by atoms with Crippen molar-refractivity contribution in [3.05, 3.63) is 0 Å². The van der Waals surface area contributed by atoms with E-state index >= 15 is 0 Å². The Labute approximate surface area is 93.8 Å². The van der Waals surface area contributed by atoms with E-state index in [9.17, 15) is 0 Å². The second-order valence-corrected chi connectivity index (χ2v) is 6.29. The van der Waals surface area contributed by atoms with Crippen molar-refractivity contribution in [2.45, 2.75) is 52.2 Å². The Morgan fingerprint density at radius 3 is 2.33 bits per heavy atom. The molecule has 0 heterocycles. The van der Waals surface area contributed by atoms with Crippen LogP contribution in [0.2, 0.25) is 0 Å². The van der Waals surface area contributed by atoms with Crippen LogP contribution in [0.15, 0.2) is 0 Å². The van der Waals surface area contributed by atoms with Gasteiger partial charge in [0.2, 0.25) is 0 Å². The molecule has 2 aliphatic carbocycles. The van der Waals surface area contributed by atoms with Crippen LogP contribution in [0.1, 0.15) is 40.5 Å². The van der Waals surface area contributed by atoms with Gasteiger partial charge < -0.3 is 10.1 Å². The summed E-state index contributed by atoms with van der Waals surface area (Å²) in [5, 5.41) is 3.71. The third-order valence-electron chi connectivity index (χ3n) is 5.18. The molecular weight excluding hydrogens is 186 g/mol. The van der Waals surface area contributed by atoms with E-state index in [2.05, 4.69) is 33.0 Å². The van der Waals surface area contributed by atoms with Crippen LogP contribution >= 0.6 is 0 Å². The second-order valence-electron chi connectivity index (χ2n) is 6.29. The highest BCUT2D eigenvalue weighted by molar-refractivity contribution is 5.11. The van der Waals surface area contributed by atoms with Crippen molar-refractivity contribution in [1.82, 2.24) is 5.32 Å². The van der Waals surface area contributed by atoms with Crippen LogP contribution < -0.4 is 5.32 Å². The minimum Gasteiger partial charge on any atom is -0.378 e. The van der Waals surface area contributed by atoms with E-state index in [0.29, 0.717) is 6.04 Å². The van der Waals surface area contributed by atoms with Crippen LogP contribution in [-0.4, -0.2) is 25.3 Å².